The van der Waals surface area contributed by atoms with Crippen LogP contribution in [-0.4, -0.2) is 46.7 Å². The molecular weight excluding hydrogens is 352 g/mol. The number of aromatic nitrogens is 3. The van der Waals surface area contributed by atoms with Gasteiger partial charge in [0, 0.05) is 18.2 Å². The Morgan fingerprint density at radius 3 is 2.77 bits per heavy atom. The van der Waals surface area contributed by atoms with Crippen molar-refractivity contribution in [2.24, 2.45) is 0 Å². The molecule has 1 aromatic heterocycles. The summed E-state index contributed by atoms with van der Waals surface area (Å²) >= 11 is 1.37. The van der Waals surface area contributed by atoms with Gasteiger partial charge in [-0.3, -0.25) is 9.36 Å². The SMILES string of the molecule is C=CCn1c(SCC(=O)NC2CC2)nnc1-c1ccc(OC)c(OC)c1. The number of allylic oxidation sites excluding steroid dienone is 1. The molecule has 1 fully saturated rings. The molecule has 8 heteroatoms. The molecule has 0 bridgehead atoms. The van der Waals surface area contributed by atoms with Crippen molar-refractivity contribution in [1.29, 1.82) is 0 Å². The molecule has 3 rings (SSSR count). The van der Waals surface area contributed by atoms with Crippen LogP contribution in [0.5, 0.6) is 11.5 Å². The van der Waals surface area contributed by atoms with Gasteiger partial charge in [-0.2, -0.15) is 0 Å². The second kappa shape index (κ2) is 8.27. The van der Waals surface area contributed by atoms with Gasteiger partial charge in [0.1, 0.15) is 0 Å². The predicted octanol–water partition coefficient (Wildman–Crippen LogP) is 2.52. The second-order valence-corrected chi connectivity index (χ2v) is 6.85. The molecule has 1 amide bonds. The molecule has 1 N–H and O–H groups in total. The van der Waals surface area contributed by atoms with E-state index < -0.39 is 0 Å². The highest BCUT2D eigenvalue weighted by Crippen LogP contribution is 2.33. The first-order chi connectivity index (χ1) is 12.7. The molecule has 0 aliphatic heterocycles. The topological polar surface area (TPSA) is 78.3 Å². The van der Waals surface area contributed by atoms with Crippen molar-refractivity contribution in [1.82, 2.24) is 20.1 Å². The average molecular weight is 374 g/mol. The van der Waals surface area contributed by atoms with Crippen molar-refractivity contribution in [3.63, 3.8) is 0 Å². The molecule has 26 heavy (non-hydrogen) atoms. The number of methoxy groups -OCH3 is 2. The monoisotopic (exact) mass is 374 g/mol. The van der Waals surface area contributed by atoms with Crippen LogP contribution in [0.3, 0.4) is 0 Å². The third-order valence-corrected chi connectivity index (χ3v) is 4.91. The number of nitrogens with one attached hydrogen (secondary N) is 1. The number of amides is 1. The molecule has 1 aliphatic carbocycles. The van der Waals surface area contributed by atoms with Crippen LogP contribution in [0.1, 0.15) is 12.8 Å². The molecule has 1 saturated carbocycles. The first-order valence-corrected chi connectivity index (χ1v) is 9.33. The summed E-state index contributed by atoms with van der Waals surface area (Å²) in [6, 6.07) is 5.95. The van der Waals surface area contributed by atoms with Crippen LogP contribution in [0, 0.1) is 0 Å². The zero-order chi connectivity index (χ0) is 18.5. The number of carbonyl (C=O) groups is 1. The molecule has 138 valence electrons. The largest absolute Gasteiger partial charge is 0.493 e. The molecule has 7 nitrogen and oxygen atoms in total. The van der Waals surface area contributed by atoms with Crippen molar-refractivity contribution in [2.45, 2.75) is 30.6 Å². The normalized spacial score (nSPS) is 13.3. The lowest BCUT2D eigenvalue weighted by Crippen LogP contribution is -2.27. The summed E-state index contributed by atoms with van der Waals surface area (Å²) in [4.78, 5) is 11.9. The number of hydrogen-bond donors (Lipinski definition) is 1. The van der Waals surface area contributed by atoms with Crippen LogP contribution >= 0.6 is 11.8 Å². The first-order valence-electron chi connectivity index (χ1n) is 8.35. The van der Waals surface area contributed by atoms with Gasteiger partial charge in [0.05, 0.1) is 20.0 Å². The Kier molecular flexibility index (Phi) is 5.82. The molecule has 1 heterocycles. The van der Waals surface area contributed by atoms with Crippen LogP contribution in [0.25, 0.3) is 11.4 Å². The predicted molar refractivity (Wildman–Crippen MR) is 101 cm³/mol. The van der Waals surface area contributed by atoms with Gasteiger partial charge in [-0.1, -0.05) is 17.8 Å². The number of carbonyl (C=O) groups excluding carboxylic acids is 1. The van der Waals surface area contributed by atoms with E-state index in [9.17, 15) is 4.79 Å². The van der Waals surface area contributed by atoms with Crippen molar-refractivity contribution in [3.05, 3.63) is 30.9 Å². The van der Waals surface area contributed by atoms with E-state index in [2.05, 4.69) is 22.1 Å². The maximum absolute atomic E-state index is 11.9. The van der Waals surface area contributed by atoms with Gasteiger partial charge >= 0.3 is 0 Å². The molecule has 2 aromatic rings. The fraction of sp³-hybridized carbons (Fsp3) is 0.389. The molecule has 0 unspecified atom stereocenters. The van der Waals surface area contributed by atoms with Crippen LogP contribution < -0.4 is 14.8 Å². The Balaban J connectivity index is 1.81. The minimum Gasteiger partial charge on any atom is -0.493 e. The van der Waals surface area contributed by atoms with Gasteiger partial charge in [-0.15, -0.1) is 16.8 Å². The Bertz CT molecular complexity index is 802. The van der Waals surface area contributed by atoms with Gasteiger partial charge < -0.3 is 14.8 Å². The summed E-state index contributed by atoms with van der Waals surface area (Å²) in [6.07, 6.45) is 3.93. The summed E-state index contributed by atoms with van der Waals surface area (Å²) < 4.78 is 12.6. The molecular formula is C18H22N4O3S. The molecule has 0 atom stereocenters. The Morgan fingerprint density at radius 2 is 2.12 bits per heavy atom. The van der Waals surface area contributed by atoms with E-state index in [1.165, 1.54) is 11.8 Å². The highest BCUT2D eigenvalue weighted by Gasteiger charge is 2.23. The number of hydrogen-bond acceptors (Lipinski definition) is 6. The smallest absolute Gasteiger partial charge is 0.230 e. The van der Waals surface area contributed by atoms with E-state index in [1.807, 2.05) is 22.8 Å². The summed E-state index contributed by atoms with van der Waals surface area (Å²) in [7, 11) is 3.19. The standard InChI is InChI=1S/C18H22N4O3S/c1-4-9-22-17(12-5-8-14(24-2)15(10-12)25-3)20-21-18(22)26-11-16(23)19-13-6-7-13/h4-5,8,10,13H,1,6-7,9,11H2,2-3H3,(H,19,23). The van der Waals surface area contributed by atoms with Gasteiger partial charge in [0.25, 0.3) is 0 Å². The maximum atomic E-state index is 11.9. The number of ether oxygens (including phenoxy) is 2. The van der Waals surface area contributed by atoms with Crippen molar-refractivity contribution in [2.75, 3.05) is 20.0 Å². The fourth-order valence-electron chi connectivity index (χ4n) is 2.51. The van der Waals surface area contributed by atoms with Crippen molar-refractivity contribution < 1.29 is 14.3 Å². The van der Waals surface area contributed by atoms with Crippen LogP contribution in [-0.2, 0) is 11.3 Å². The molecule has 1 aromatic carbocycles. The van der Waals surface area contributed by atoms with E-state index in [-0.39, 0.29) is 5.91 Å². The summed E-state index contributed by atoms with van der Waals surface area (Å²) in [5.74, 6) is 2.31. The third-order valence-electron chi connectivity index (χ3n) is 3.95. The minimum atomic E-state index is 0.0262. The van der Waals surface area contributed by atoms with Crippen LogP contribution in [0.4, 0.5) is 0 Å². The van der Waals surface area contributed by atoms with Gasteiger partial charge in [0.2, 0.25) is 5.91 Å². The maximum Gasteiger partial charge on any atom is 0.230 e. The van der Waals surface area contributed by atoms with E-state index >= 15 is 0 Å². The average Bonchev–Trinajstić information content (AvgIpc) is 3.38. The minimum absolute atomic E-state index is 0.0262. The Hall–Kier alpha value is -2.48. The molecule has 0 spiro atoms. The Morgan fingerprint density at radius 1 is 1.35 bits per heavy atom. The van der Waals surface area contributed by atoms with Crippen molar-refractivity contribution in [3.8, 4) is 22.9 Å². The van der Waals surface area contributed by atoms with E-state index in [0.717, 1.165) is 18.4 Å². The van der Waals surface area contributed by atoms with Crippen LogP contribution in [0.2, 0.25) is 0 Å². The summed E-state index contributed by atoms with van der Waals surface area (Å²) in [6.45, 7) is 4.35. The number of benzene rings is 1. The fourth-order valence-corrected chi connectivity index (χ4v) is 3.26. The summed E-state index contributed by atoms with van der Waals surface area (Å²) in [5.41, 5.74) is 0.853. The van der Waals surface area contributed by atoms with Gasteiger partial charge in [-0.25, -0.2) is 0 Å². The van der Waals surface area contributed by atoms with Gasteiger partial charge in [0.15, 0.2) is 22.5 Å². The van der Waals surface area contributed by atoms with E-state index in [0.29, 0.717) is 40.8 Å². The highest BCUT2D eigenvalue weighted by molar-refractivity contribution is 7.99. The lowest BCUT2D eigenvalue weighted by Gasteiger charge is -2.11. The number of rotatable bonds is 9. The number of thioether (sulfide) groups is 1. The molecule has 0 saturated heterocycles. The quantitative estimate of drug-likeness (QED) is 0.537. The van der Waals surface area contributed by atoms with Crippen molar-refractivity contribution >= 4 is 17.7 Å². The lowest BCUT2D eigenvalue weighted by atomic mass is 10.2. The van der Waals surface area contributed by atoms with Gasteiger partial charge in [-0.05, 0) is 31.0 Å². The van der Waals surface area contributed by atoms with Crippen LogP contribution in [0.15, 0.2) is 36.0 Å². The number of nitrogens with zero attached hydrogens (tertiary/aromatic N) is 3. The second-order valence-electron chi connectivity index (χ2n) is 5.91. The lowest BCUT2D eigenvalue weighted by molar-refractivity contribution is -0.118. The highest BCUT2D eigenvalue weighted by atomic mass is 32.2. The Labute approximate surface area is 156 Å². The van der Waals surface area contributed by atoms with E-state index in [1.54, 1.807) is 20.3 Å². The summed E-state index contributed by atoms with van der Waals surface area (Å²) in [5, 5.41) is 12.2. The third kappa shape index (κ3) is 4.19. The zero-order valence-corrected chi connectivity index (χ0v) is 15.7. The first kappa shape index (κ1) is 18.3. The molecule has 1 aliphatic rings. The zero-order valence-electron chi connectivity index (χ0n) is 14.9. The van der Waals surface area contributed by atoms with E-state index in [4.69, 9.17) is 9.47 Å². The molecule has 0 radical (unpaired) electrons.